The molecule has 0 aromatic heterocycles. The van der Waals surface area contributed by atoms with Gasteiger partial charge < -0.3 is 15.0 Å². The molecule has 3 aromatic rings. The number of rotatable bonds is 5. The van der Waals surface area contributed by atoms with Crippen LogP contribution in [0.5, 0.6) is 0 Å². The van der Waals surface area contributed by atoms with Crippen molar-refractivity contribution < 1.29 is 13.9 Å². The van der Waals surface area contributed by atoms with E-state index in [9.17, 15) is 14.4 Å². The molecule has 3 aromatic carbocycles. The molecule has 0 spiro atoms. The third kappa shape index (κ3) is 4.88. The lowest BCUT2D eigenvalue weighted by molar-refractivity contribution is 0.102. The minimum atomic E-state index is -0.384. The second-order valence-corrected chi connectivity index (χ2v) is 8.01. The van der Waals surface area contributed by atoms with Gasteiger partial charge in [-0.05, 0) is 42.5 Å². The molecular weight excluding hydrogens is 413 g/mol. The Morgan fingerprint density at radius 2 is 1.74 bits per heavy atom. The van der Waals surface area contributed by atoms with Gasteiger partial charge in [0.2, 0.25) is 0 Å². The lowest BCUT2D eigenvalue weighted by atomic mass is 10.2. The van der Waals surface area contributed by atoms with Gasteiger partial charge in [0.05, 0.1) is 30.0 Å². The fourth-order valence-electron chi connectivity index (χ4n) is 3.35. The molecule has 1 amide bonds. The van der Waals surface area contributed by atoms with Crippen molar-refractivity contribution in [3.63, 3.8) is 0 Å². The zero-order valence-corrected chi connectivity index (χ0v) is 17.5. The first-order chi connectivity index (χ1) is 15.2. The van der Waals surface area contributed by atoms with Crippen LogP contribution in [0.25, 0.3) is 0 Å². The number of anilines is 2. The number of nitrogens with zero attached hydrogens (tertiary/aromatic N) is 2. The predicted octanol–water partition coefficient (Wildman–Crippen LogP) is 4.94. The molecule has 0 aliphatic carbocycles. The summed E-state index contributed by atoms with van der Waals surface area (Å²) in [5, 5.41) is 12.1. The van der Waals surface area contributed by atoms with Crippen LogP contribution < -0.4 is 10.2 Å². The van der Waals surface area contributed by atoms with E-state index in [0.717, 1.165) is 4.90 Å². The smallest absolute Gasteiger partial charge is 0.256 e. The number of hydrogen-bond donors (Lipinski definition) is 1. The second kappa shape index (κ2) is 9.65. The van der Waals surface area contributed by atoms with E-state index in [0.29, 0.717) is 53.7 Å². The molecule has 1 aliphatic heterocycles. The molecular formula is C24H20FN3O2S. The van der Waals surface area contributed by atoms with Gasteiger partial charge in [0.15, 0.2) is 0 Å². The van der Waals surface area contributed by atoms with Crippen LogP contribution >= 0.6 is 11.8 Å². The molecule has 7 heteroatoms. The maximum absolute atomic E-state index is 14.7. The van der Waals surface area contributed by atoms with E-state index >= 15 is 0 Å². The highest BCUT2D eigenvalue weighted by atomic mass is 32.2. The minimum Gasteiger partial charge on any atom is -0.378 e. The molecule has 0 saturated carbocycles. The Hall–Kier alpha value is -3.34. The van der Waals surface area contributed by atoms with Gasteiger partial charge in [-0.2, -0.15) is 5.26 Å². The number of nitriles is 1. The summed E-state index contributed by atoms with van der Waals surface area (Å²) < 4.78 is 20.0. The third-order valence-corrected chi connectivity index (χ3v) is 6.07. The molecule has 0 radical (unpaired) electrons. The van der Waals surface area contributed by atoms with E-state index in [2.05, 4.69) is 11.4 Å². The standard InChI is InChI=1S/C24H20FN3O2S/c25-20-15-18(9-10-21(20)28-11-13-30-14-12-28)27-24(29)19-6-2-4-8-23(19)31-22-7-3-1-5-17(22)16-26/h1-10,15H,11-14H2,(H,27,29). The summed E-state index contributed by atoms with van der Waals surface area (Å²) in [6.07, 6.45) is 0. The number of ether oxygens (including phenoxy) is 1. The summed E-state index contributed by atoms with van der Waals surface area (Å²) in [4.78, 5) is 16.4. The van der Waals surface area contributed by atoms with Crippen LogP contribution in [0.1, 0.15) is 15.9 Å². The SMILES string of the molecule is N#Cc1ccccc1Sc1ccccc1C(=O)Nc1ccc(N2CCOCC2)c(F)c1. The van der Waals surface area contributed by atoms with Gasteiger partial charge in [-0.15, -0.1) is 0 Å². The lowest BCUT2D eigenvalue weighted by Gasteiger charge is -2.29. The molecule has 4 rings (SSSR count). The molecule has 1 aliphatic rings. The topological polar surface area (TPSA) is 65.4 Å². The van der Waals surface area contributed by atoms with Gasteiger partial charge in [-0.25, -0.2) is 4.39 Å². The highest BCUT2D eigenvalue weighted by Gasteiger charge is 2.17. The maximum atomic E-state index is 14.7. The average molecular weight is 434 g/mol. The molecule has 0 unspecified atom stereocenters. The van der Waals surface area contributed by atoms with Crippen molar-refractivity contribution in [3.8, 4) is 6.07 Å². The summed E-state index contributed by atoms with van der Waals surface area (Å²) in [7, 11) is 0. The van der Waals surface area contributed by atoms with Gasteiger partial charge in [0.1, 0.15) is 11.9 Å². The van der Waals surface area contributed by atoms with Crippen molar-refractivity contribution in [1.82, 2.24) is 0 Å². The van der Waals surface area contributed by atoms with Crippen LogP contribution in [-0.4, -0.2) is 32.2 Å². The van der Waals surface area contributed by atoms with E-state index in [4.69, 9.17) is 4.74 Å². The van der Waals surface area contributed by atoms with Crippen molar-refractivity contribution in [2.45, 2.75) is 9.79 Å². The number of halogens is 1. The van der Waals surface area contributed by atoms with Crippen molar-refractivity contribution in [2.24, 2.45) is 0 Å². The number of carbonyl (C=O) groups is 1. The Kier molecular flexibility index (Phi) is 6.51. The Bertz CT molecular complexity index is 1140. The number of morpholine rings is 1. The van der Waals surface area contributed by atoms with Gasteiger partial charge >= 0.3 is 0 Å². The number of amides is 1. The predicted molar refractivity (Wildman–Crippen MR) is 119 cm³/mol. The van der Waals surface area contributed by atoms with E-state index in [1.165, 1.54) is 17.8 Å². The van der Waals surface area contributed by atoms with E-state index < -0.39 is 0 Å². The largest absolute Gasteiger partial charge is 0.378 e. The Balaban J connectivity index is 1.53. The van der Waals surface area contributed by atoms with Gasteiger partial charge in [0, 0.05) is 28.6 Å². The van der Waals surface area contributed by atoms with Crippen LogP contribution in [0.3, 0.4) is 0 Å². The molecule has 156 valence electrons. The zero-order valence-electron chi connectivity index (χ0n) is 16.7. The number of nitrogens with one attached hydrogen (secondary N) is 1. The fourth-order valence-corrected chi connectivity index (χ4v) is 4.38. The van der Waals surface area contributed by atoms with Crippen LogP contribution in [0.15, 0.2) is 76.5 Å². The summed E-state index contributed by atoms with van der Waals surface area (Å²) in [5.74, 6) is -0.721. The molecule has 1 fully saturated rings. The monoisotopic (exact) mass is 433 g/mol. The van der Waals surface area contributed by atoms with Gasteiger partial charge in [-0.3, -0.25) is 4.79 Å². The summed E-state index contributed by atoms with van der Waals surface area (Å²) in [5.41, 5.74) is 1.89. The average Bonchev–Trinajstić information content (AvgIpc) is 2.80. The van der Waals surface area contributed by atoms with Crippen molar-refractivity contribution in [2.75, 3.05) is 36.5 Å². The van der Waals surface area contributed by atoms with E-state index in [1.54, 1.807) is 36.4 Å². The summed E-state index contributed by atoms with van der Waals surface area (Å²) >= 11 is 1.35. The van der Waals surface area contributed by atoms with Crippen molar-refractivity contribution in [1.29, 1.82) is 5.26 Å². The molecule has 1 saturated heterocycles. The molecule has 1 heterocycles. The highest BCUT2D eigenvalue weighted by Crippen LogP contribution is 2.33. The normalized spacial score (nSPS) is 13.5. The number of benzene rings is 3. The molecule has 1 N–H and O–H groups in total. The van der Waals surface area contributed by atoms with Crippen LogP contribution in [0.2, 0.25) is 0 Å². The van der Waals surface area contributed by atoms with Crippen molar-refractivity contribution >= 4 is 29.0 Å². The third-order valence-electron chi connectivity index (χ3n) is 4.92. The Labute approximate surface area is 184 Å². The first-order valence-corrected chi connectivity index (χ1v) is 10.7. The maximum Gasteiger partial charge on any atom is 0.256 e. The summed E-state index contributed by atoms with van der Waals surface area (Å²) in [6, 6.07) is 21.3. The molecule has 5 nitrogen and oxygen atoms in total. The van der Waals surface area contributed by atoms with Crippen LogP contribution in [0, 0.1) is 17.1 Å². The first-order valence-electron chi connectivity index (χ1n) is 9.85. The zero-order chi connectivity index (χ0) is 21.6. The Morgan fingerprint density at radius 3 is 2.48 bits per heavy atom. The molecule has 0 atom stereocenters. The van der Waals surface area contributed by atoms with Gasteiger partial charge in [0.25, 0.3) is 5.91 Å². The number of hydrogen-bond acceptors (Lipinski definition) is 5. The minimum absolute atomic E-state index is 0.337. The Morgan fingerprint density at radius 1 is 1.03 bits per heavy atom. The number of carbonyl (C=O) groups excluding carboxylic acids is 1. The van der Waals surface area contributed by atoms with E-state index in [-0.39, 0.29) is 11.7 Å². The van der Waals surface area contributed by atoms with E-state index in [1.807, 2.05) is 29.2 Å². The van der Waals surface area contributed by atoms with Crippen LogP contribution in [0.4, 0.5) is 15.8 Å². The highest BCUT2D eigenvalue weighted by molar-refractivity contribution is 7.99. The fraction of sp³-hybridized carbons (Fsp3) is 0.167. The lowest BCUT2D eigenvalue weighted by Crippen LogP contribution is -2.36. The van der Waals surface area contributed by atoms with Crippen LogP contribution in [-0.2, 0) is 4.74 Å². The first kappa shape index (κ1) is 20.9. The molecule has 0 bridgehead atoms. The van der Waals surface area contributed by atoms with Crippen molar-refractivity contribution in [3.05, 3.63) is 83.7 Å². The quantitative estimate of drug-likeness (QED) is 0.618. The van der Waals surface area contributed by atoms with Gasteiger partial charge in [-0.1, -0.05) is 36.0 Å². The second-order valence-electron chi connectivity index (χ2n) is 6.93. The summed E-state index contributed by atoms with van der Waals surface area (Å²) in [6.45, 7) is 2.41. The molecule has 31 heavy (non-hydrogen) atoms.